The molecular formula is C22H32N2O3. The molecule has 0 unspecified atom stereocenters. The van der Waals surface area contributed by atoms with Crippen molar-refractivity contribution >= 4 is 16.6 Å². The molecule has 5 heteroatoms. The van der Waals surface area contributed by atoms with Crippen molar-refractivity contribution in [3.05, 3.63) is 40.4 Å². The SMILES string of the molecule is CC=C(CC)Oc1c(OCCCC)c(=O)n(CCCC)c2cc(N)ccc12. The van der Waals surface area contributed by atoms with Gasteiger partial charge >= 0.3 is 0 Å². The zero-order chi connectivity index (χ0) is 19.8. The summed E-state index contributed by atoms with van der Waals surface area (Å²) in [5.74, 6) is 1.60. The van der Waals surface area contributed by atoms with E-state index in [4.69, 9.17) is 15.2 Å². The van der Waals surface area contributed by atoms with E-state index >= 15 is 0 Å². The van der Waals surface area contributed by atoms with Crippen molar-refractivity contribution in [2.24, 2.45) is 0 Å². The van der Waals surface area contributed by atoms with E-state index in [0.29, 0.717) is 30.3 Å². The average molecular weight is 373 g/mol. The fourth-order valence-corrected chi connectivity index (χ4v) is 2.97. The van der Waals surface area contributed by atoms with Crippen molar-refractivity contribution in [1.82, 2.24) is 4.57 Å². The summed E-state index contributed by atoms with van der Waals surface area (Å²) in [6.45, 7) is 9.28. The summed E-state index contributed by atoms with van der Waals surface area (Å²) in [5, 5.41) is 0.846. The lowest BCUT2D eigenvalue weighted by atomic mass is 10.1. The lowest BCUT2D eigenvalue weighted by molar-refractivity contribution is 0.283. The van der Waals surface area contributed by atoms with Gasteiger partial charge in [0.05, 0.1) is 17.9 Å². The number of aryl methyl sites for hydroxylation is 1. The van der Waals surface area contributed by atoms with Crippen LogP contribution in [-0.4, -0.2) is 11.2 Å². The Morgan fingerprint density at radius 3 is 2.52 bits per heavy atom. The van der Waals surface area contributed by atoms with Gasteiger partial charge in [0.25, 0.3) is 5.56 Å². The van der Waals surface area contributed by atoms with Gasteiger partial charge in [0, 0.05) is 24.0 Å². The van der Waals surface area contributed by atoms with Crippen molar-refractivity contribution in [2.45, 2.75) is 66.3 Å². The Labute approximate surface area is 161 Å². The van der Waals surface area contributed by atoms with Gasteiger partial charge in [0.15, 0.2) is 5.75 Å². The first-order valence-electron chi connectivity index (χ1n) is 9.99. The number of aromatic nitrogens is 1. The summed E-state index contributed by atoms with van der Waals surface area (Å²) >= 11 is 0. The Hall–Kier alpha value is -2.43. The van der Waals surface area contributed by atoms with Crippen LogP contribution in [0.5, 0.6) is 11.5 Å². The van der Waals surface area contributed by atoms with Gasteiger partial charge < -0.3 is 19.8 Å². The molecule has 2 N–H and O–H groups in total. The molecular weight excluding hydrogens is 340 g/mol. The lowest BCUT2D eigenvalue weighted by Gasteiger charge is -2.19. The summed E-state index contributed by atoms with van der Waals surface area (Å²) in [5.41, 5.74) is 7.27. The van der Waals surface area contributed by atoms with Crippen LogP contribution < -0.4 is 20.8 Å². The maximum Gasteiger partial charge on any atom is 0.297 e. The molecule has 0 aliphatic rings. The first-order chi connectivity index (χ1) is 13.1. The highest BCUT2D eigenvalue weighted by Gasteiger charge is 2.20. The standard InChI is InChI=1S/C22H32N2O3/c1-5-9-13-24-19-15-16(23)11-12-18(19)20(27-17(7-3)8-4)21(22(24)25)26-14-10-6-2/h7,11-12,15H,5-6,8-10,13-14,23H2,1-4H3. The summed E-state index contributed by atoms with van der Waals surface area (Å²) in [6.07, 6.45) is 6.45. The van der Waals surface area contributed by atoms with Gasteiger partial charge in [-0.1, -0.05) is 33.6 Å². The maximum absolute atomic E-state index is 13.3. The molecule has 0 saturated carbocycles. The smallest absolute Gasteiger partial charge is 0.297 e. The quantitative estimate of drug-likeness (QED) is 0.351. The van der Waals surface area contributed by atoms with Crippen LogP contribution in [0, 0.1) is 0 Å². The second kappa shape index (κ2) is 10.0. The number of fused-ring (bicyclic) bond motifs is 1. The molecule has 0 atom stereocenters. The summed E-state index contributed by atoms with van der Waals surface area (Å²) in [6, 6.07) is 5.59. The molecule has 148 valence electrons. The second-order valence-electron chi connectivity index (χ2n) is 6.66. The minimum absolute atomic E-state index is 0.154. The molecule has 27 heavy (non-hydrogen) atoms. The fourth-order valence-electron chi connectivity index (χ4n) is 2.97. The van der Waals surface area contributed by atoms with Gasteiger partial charge in [-0.25, -0.2) is 0 Å². The predicted octanol–water partition coefficient (Wildman–Crippen LogP) is 5.26. The molecule has 1 aromatic heterocycles. The Balaban J connectivity index is 2.73. The van der Waals surface area contributed by atoms with Crippen molar-refractivity contribution in [2.75, 3.05) is 12.3 Å². The van der Waals surface area contributed by atoms with Crippen molar-refractivity contribution in [3.63, 3.8) is 0 Å². The molecule has 0 aliphatic carbocycles. The number of pyridine rings is 1. The number of rotatable bonds is 10. The van der Waals surface area contributed by atoms with Crippen molar-refractivity contribution in [3.8, 4) is 11.5 Å². The molecule has 0 fully saturated rings. The highest BCUT2D eigenvalue weighted by atomic mass is 16.5. The number of nitrogens with two attached hydrogens (primary N) is 1. The maximum atomic E-state index is 13.3. The Morgan fingerprint density at radius 2 is 1.89 bits per heavy atom. The molecule has 2 rings (SSSR count). The Kier molecular flexibility index (Phi) is 7.77. The van der Waals surface area contributed by atoms with Crippen LogP contribution in [-0.2, 0) is 6.54 Å². The molecule has 0 amide bonds. The molecule has 5 nitrogen and oxygen atoms in total. The van der Waals surface area contributed by atoms with Crippen molar-refractivity contribution in [1.29, 1.82) is 0 Å². The van der Waals surface area contributed by atoms with Gasteiger partial charge in [0.1, 0.15) is 0 Å². The highest BCUT2D eigenvalue weighted by Crippen LogP contribution is 2.35. The van der Waals surface area contributed by atoms with Crippen LogP contribution in [0.4, 0.5) is 5.69 Å². The monoisotopic (exact) mass is 372 g/mol. The molecule has 0 spiro atoms. The van der Waals surface area contributed by atoms with E-state index in [0.717, 1.165) is 48.8 Å². The third kappa shape index (κ3) is 4.85. The minimum atomic E-state index is -0.154. The van der Waals surface area contributed by atoms with E-state index in [-0.39, 0.29) is 5.56 Å². The van der Waals surface area contributed by atoms with Crippen molar-refractivity contribution < 1.29 is 9.47 Å². The Bertz CT molecular complexity index is 853. The first-order valence-corrected chi connectivity index (χ1v) is 9.99. The fraction of sp³-hybridized carbons (Fsp3) is 0.500. The molecule has 0 radical (unpaired) electrons. The summed E-state index contributed by atoms with van der Waals surface area (Å²) in [4.78, 5) is 13.3. The third-order valence-electron chi connectivity index (χ3n) is 4.59. The van der Waals surface area contributed by atoms with Crippen LogP contribution in [0.2, 0.25) is 0 Å². The van der Waals surface area contributed by atoms with Gasteiger partial charge in [-0.05, 0) is 44.0 Å². The van der Waals surface area contributed by atoms with E-state index < -0.39 is 0 Å². The predicted molar refractivity (Wildman–Crippen MR) is 113 cm³/mol. The molecule has 0 bridgehead atoms. The summed E-state index contributed by atoms with van der Waals surface area (Å²) in [7, 11) is 0. The van der Waals surface area contributed by atoms with E-state index in [1.807, 2.05) is 38.1 Å². The number of unbranched alkanes of at least 4 members (excludes halogenated alkanes) is 2. The average Bonchev–Trinajstić information content (AvgIpc) is 2.67. The number of hydrogen-bond donors (Lipinski definition) is 1. The zero-order valence-electron chi connectivity index (χ0n) is 17.0. The summed E-state index contributed by atoms with van der Waals surface area (Å²) < 4.78 is 13.9. The van der Waals surface area contributed by atoms with Crippen LogP contribution in [0.25, 0.3) is 10.9 Å². The highest BCUT2D eigenvalue weighted by molar-refractivity contribution is 5.90. The molecule has 1 aromatic carbocycles. The number of anilines is 1. The number of allylic oxidation sites excluding steroid dienone is 2. The lowest BCUT2D eigenvalue weighted by Crippen LogP contribution is -2.24. The van der Waals surface area contributed by atoms with E-state index in [2.05, 4.69) is 13.8 Å². The Morgan fingerprint density at radius 1 is 1.15 bits per heavy atom. The number of hydrogen-bond acceptors (Lipinski definition) is 4. The van der Waals surface area contributed by atoms with Crippen LogP contribution in [0.15, 0.2) is 34.8 Å². The number of nitrogens with zero attached hydrogens (tertiary/aromatic N) is 1. The number of benzene rings is 1. The number of ether oxygens (including phenoxy) is 2. The third-order valence-corrected chi connectivity index (χ3v) is 4.59. The topological polar surface area (TPSA) is 66.5 Å². The van der Waals surface area contributed by atoms with Crippen LogP contribution in [0.1, 0.15) is 59.8 Å². The minimum Gasteiger partial charge on any atom is -0.485 e. The molecule has 0 aliphatic heterocycles. The largest absolute Gasteiger partial charge is 0.485 e. The van der Waals surface area contributed by atoms with Gasteiger partial charge in [0.2, 0.25) is 5.75 Å². The molecule has 2 aromatic rings. The second-order valence-corrected chi connectivity index (χ2v) is 6.66. The van der Waals surface area contributed by atoms with Crippen LogP contribution >= 0.6 is 0 Å². The van der Waals surface area contributed by atoms with Gasteiger partial charge in [-0.3, -0.25) is 4.79 Å². The van der Waals surface area contributed by atoms with Gasteiger partial charge in [-0.2, -0.15) is 0 Å². The van der Waals surface area contributed by atoms with Crippen LogP contribution in [0.3, 0.4) is 0 Å². The molecule has 0 saturated heterocycles. The van der Waals surface area contributed by atoms with E-state index in [1.54, 1.807) is 4.57 Å². The van der Waals surface area contributed by atoms with Gasteiger partial charge in [-0.15, -0.1) is 0 Å². The van der Waals surface area contributed by atoms with E-state index in [9.17, 15) is 4.79 Å². The first kappa shape index (κ1) is 20.9. The normalized spacial score (nSPS) is 11.8. The molecule has 1 heterocycles. The van der Waals surface area contributed by atoms with E-state index in [1.165, 1.54) is 0 Å². The number of nitrogen functional groups attached to an aromatic ring is 1. The zero-order valence-corrected chi connectivity index (χ0v) is 17.0.